The summed E-state index contributed by atoms with van der Waals surface area (Å²) in [6.45, 7) is 0.365. The minimum absolute atomic E-state index is 0.0205. The van der Waals surface area contributed by atoms with E-state index in [0.29, 0.717) is 35.4 Å². The van der Waals surface area contributed by atoms with E-state index in [2.05, 4.69) is 21.2 Å². The lowest BCUT2D eigenvalue weighted by Crippen LogP contribution is -2.29. The monoisotopic (exact) mass is 431 g/mol. The van der Waals surface area contributed by atoms with Gasteiger partial charge < -0.3 is 19.2 Å². The van der Waals surface area contributed by atoms with Gasteiger partial charge in [-0.05, 0) is 48.4 Å². The molecule has 0 bridgehead atoms. The van der Waals surface area contributed by atoms with Crippen LogP contribution in [0.1, 0.15) is 15.9 Å². The van der Waals surface area contributed by atoms with Gasteiger partial charge in [-0.15, -0.1) is 0 Å². The molecule has 0 fully saturated rings. The van der Waals surface area contributed by atoms with Crippen LogP contribution in [0.15, 0.2) is 56.1 Å². The summed E-state index contributed by atoms with van der Waals surface area (Å²) in [6.07, 6.45) is 0.580. The zero-order valence-electron chi connectivity index (χ0n) is 14.9. The zero-order chi connectivity index (χ0) is 19.4. The summed E-state index contributed by atoms with van der Waals surface area (Å²) in [4.78, 5) is 24.5. The van der Waals surface area contributed by atoms with E-state index in [1.807, 2.05) is 18.2 Å². The van der Waals surface area contributed by atoms with Gasteiger partial charge in [0.15, 0.2) is 11.5 Å². The smallest absolute Gasteiger partial charge is 0.349 e. The Labute approximate surface area is 164 Å². The van der Waals surface area contributed by atoms with Crippen molar-refractivity contribution in [2.24, 2.45) is 0 Å². The summed E-state index contributed by atoms with van der Waals surface area (Å²) in [7, 11) is 3.15. The number of carbonyl (C=O) groups excluding carboxylic acids is 1. The van der Waals surface area contributed by atoms with Crippen molar-refractivity contribution in [2.45, 2.75) is 6.42 Å². The molecule has 1 heterocycles. The fraction of sp³-hybridized carbons (Fsp3) is 0.200. The number of rotatable bonds is 6. The van der Waals surface area contributed by atoms with Crippen LogP contribution in [0.25, 0.3) is 11.0 Å². The third kappa shape index (κ3) is 4.31. The van der Waals surface area contributed by atoms with Gasteiger partial charge in [0.25, 0.3) is 5.91 Å². The molecule has 3 aromatic rings. The topological polar surface area (TPSA) is 77.8 Å². The molecule has 6 nitrogen and oxygen atoms in total. The van der Waals surface area contributed by atoms with Gasteiger partial charge in [0.1, 0.15) is 11.1 Å². The maximum Gasteiger partial charge on any atom is 0.349 e. The van der Waals surface area contributed by atoms with Crippen molar-refractivity contribution in [2.75, 3.05) is 20.8 Å². The standard InChI is InChI=1S/C20H18BrNO5/c1-25-17-5-3-12(9-18(17)26-2)7-8-22-19(23)15-11-13-10-14(21)4-6-16(13)27-20(15)24/h3-6,9-11H,7-8H2,1-2H3,(H,22,23). The lowest BCUT2D eigenvalue weighted by Gasteiger charge is -2.10. The number of carbonyl (C=O) groups is 1. The van der Waals surface area contributed by atoms with E-state index in [4.69, 9.17) is 13.9 Å². The Balaban J connectivity index is 1.70. The summed E-state index contributed by atoms with van der Waals surface area (Å²) in [6, 6.07) is 12.3. The second-order valence-corrected chi connectivity index (χ2v) is 6.74. The van der Waals surface area contributed by atoms with Crippen molar-refractivity contribution in [3.63, 3.8) is 0 Å². The van der Waals surface area contributed by atoms with E-state index in [0.717, 1.165) is 10.0 Å². The van der Waals surface area contributed by atoms with Crippen LogP contribution in [0.2, 0.25) is 0 Å². The van der Waals surface area contributed by atoms with Crippen LogP contribution in [0, 0.1) is 0 Å². The Morgan fingerprint density at radius 3 is 2.59 bits per heavy atom. The predicted molar refractivity (Wildman–Crippen MR) is 106 cm³/mol. The van der Waals surface area contributed by atoms with E-state index in [9.17, 15) is 9.59 Å². The van der Waals surface area contributed by atoms with Crippen molar-refractivity contribution in [1.82, 2.24) is 5.32 Å². The second kappa shape index (κ2) is 8.26. The number of nitrogens with one attached hydrogen (secondary N) is 1. The number of methoxy groups -OCH3 is 2. The molecule has 1 N–H and O–H groups in total. The molecular formula is C20H18BrNO5. The van der Waals surface area contributed by atoms with Gasteiger partial charge in [-0.2, -0.15) is 0 Å². The van der Waals surface area contributed by atoms with E-state index in [-0.39, 0.29) is 5.56 Å². The van der Waals surface area contributed by atoms with Gasteiger partial charge in [0.05, 0.1) is 14.2 Å². The Hall–Kier alpha value is -2.80. The quantitative estimate of drug-likeness (QED) is 0.603. The summed E-state index contributed by atoms with van der Waals surface area (Å²) in [5.41, 5.74) is 0.730. The highest BCUT2D eigenvalue weighted by Crippen LogP contribution is 2.27. The number of hydrogen-bond donors (Lipinski definition) is 1. The average molecular weight is 432 g/mol. The molecule has 0 aliphatic rings. The summed E-state index contributed by atoms with van der Waals surface area (Å²) in [5, 5.41) is 3.43. The molecule has 140 valence electrons. The Kier molecular flexibility index (Phi) is 5.81. The van der Waals surface area contributed by atoms with Gasteiger partial charge >= 0.3 is 5.63 Å². The van der Waals surface area contributed by atoms with Gasteiger partial charge in [-0.1, -0.05) is 22.0 Å². The first-order valence-electron chi connectivity index (χ1n) is 8.24. The number of fused-ring (bicyclic) bond motifs is 1. The number of benzene rings is 2. The van der Waals surface area contributed by atoms with E-state index in [1.165, 1.54) is 6.07 Å². The molecule has 0 saturated heterocycles. The second-order valence-electron chi connectivity index (χ2n) is 5.82. The van der Waals surface area contributed by atoms with Crippen molar-refractivity contribution < 1.29 is 18.7 Å². The van der Waals surface area contributed by atoms with Crippen LogP contribution in [-0.2, 0) is 6.42 Å². The molecule has 0 unspecified atom stereocenters. The minimum atomic E-state index is -0.659. The summed E-state index contributed by atoms with van der Waals surface area (Å²) >= 11 is 3.36. The Bertz CT molecular complexity index is 1040. The minimum Gasteiger partial charge on any atom is -0.493 e. The summed E-state index contributed by atoms with van der Waals surface area (Å²) in [5.74, 6) is 0.804. The van der Waals surface area contributed by atoms with Crippen LogP contribution in [0.5, 0.6) is 11.5 Å². The average Bonchev–Trinajstić information content (AvgIpc) is 2.67. The maximum absolute atomic E-state index is 12.4. The van der Waals surface area contributed by atoms with E-state index < -0.39 is 11.5 Å². The van der Waals surface area contributed by atoms with Gasteiger partial charge in [0, 0.05) is 16.4 Å². The van der Waals surface area contributed by atoms with E-state index in [1.54, 1.807) is 32.4 Å². The number of halogens is 1. The fourth-order valence-electron chi connectivity index (χ4n) is 2.70. The molecule has 1 amide bonds. The molecule has 0 atom stereocenters. The van der Waals surface area contributed by atoms with Gasteiger partial charge in [-0.3, -0.25) is 4.79 Å². The Morgan fingerprint density at radius 2 is 1.85 bits per heavy atom. The predicted octanol–water partition coefficient (Wildman–Crippen LogP) is 3.55. The molecule has 0 spiro atoms. The lowest BCUT2D eigenvalue weighted by molar-refractivity contribution is 0.0950. The largest absolute Gasteiger partial charge is 0.493 e. The third-order valence-electron chi connectivity index (χ3n) is 4.09. The van der Waals surface area contributed by atoms with Crippen molar-refractivity contribution >= 4 is 32.8 Å². The van der Waals surface area contributed by atoms with Crippen LogP contribution >= 0.6 is 15.9 Å². The molecule has 0 aliphatic carbocycles. The maximum atomic E-state index is 12.4. The number of hydrogen-bond acceptors (Lipinski definition) is 5. The SMILES string of the molecule is COc1ccc(CCNC(=O)c2cc3cc(Br)ccc3oc2=O)cc1OC. The van der Waals surface area contributed by atoms with Crippen LogP contribution in [0.4, 0.5) is 0 Å². The fourth-order valence-corrected chi connectivity index (χ4v) is 3.08. The number of amides is 1. The highest BCUT2D eigenvalue weighted by atomic mass is 79.9. The van der Waals surface area contributed by atoms with Crippen molar-refractivity contribution in [3.8, 4) is 11.5 Å². The normalized spacial score (nSPS) is 10.6. The molecule has 27 heavy (non-hydrogen) atoms. The zero-order valence-corrected chi connectivity index (χ0v) is 16.5. The molecule has 2 aromatic carbocycles. The summed E-state index contributed by atoms with van der Waals surface area (Å²) < 4.78 is 16.5. The highest BCUT2D eigenvalue weighted by Gasteiger charge is 2.14. The third-order valence-corrected chi connectivity index (χ3v) is 4.58. The van der Waals surface area contributed by atoms with Crippen molar-refractivity contribution in [3.05, 3.63) is 68.5 Å². The molecule has 0 aliphatic heterocycles. The van der Waals surface area contributed by atoms with Crippen LogP contribution < -0.4 is 20.4 Å². The van der Waals surface area contributed by atoms with Gasteiger partial charge in [0.2, 0.25) is 0 Å². The first kappa shape index (κ1) is 19.0. The molecule has 0 saturated carbocycles. The van der Waals surface area contributed by atoms with Crippen molar-refractivity contribution in [1.29, 1.82) is 0 Å². The molecular weight excluding hydrogens is 414 g/mol. The Morgan fingerprint density at radius 1 is 1.07 bits per heavy atom. The molecule has 1 aromatic heterocycles. The molecule has 3 rings (SSSR count). The van der Waals surface area contributed by atoms with Gasteiger partial charge in [-0.25, -0.2) is 4.79 Å². The first-order chi connectivity index (χ1) is 13.0. The lowest BCUT2D eigenvalue weighted by atomic mass is 10.1. The molecule has 7 heteroatoms. The van der Waals surface area contributed by atoms with E-state index >= 15 is 0 Å². The number of ether oxygens (including phenoxy) is 2. The van der Waals surface area contributed by atoms with Crippen LogP contribution in [-0.4, -0.2) is 26.7 Å². The highest BCUT2D eigenvalue weighted by molar-refractivity contribution is 9.10. The van der Waals surface area contributed by atoms with Crippen LogP contribution in [0.3, 0.4) is 0 Å². The molecule has 0 radical (unpaired) electrons. The first-order valence-corrected chi connectivity index (χ1v) is 9.03.